The number of fused-ring (bicyclic) bond motifs is 4. The first-order valence-electron chi connectivity index (χ1n) is 44.1. The van der Waals surface area contributed by atoms with E-state index in [4.69, 9.17) is 47.9 Å². The number of aromatic nitrogens is 12. The van der Waals surface area contributed by atoms with Gasteiger partial charge in [-0.3, -0.25) is 19.2 Å². The fraction of sp³-hybridized carbons (Fsp3) is 0.408. The normalized spacial score (nSPS) is 11.9. The number of nitrogens with zero attached hydrogens (tertiary/aromatic N) is 16. The van der Waals surface area contributed by atoms with Gasteiger partial charge in [-0.05, 0) is 219 Å². The fourth-order valence-corrected chi connectivity index (χ4v) is 16.4. The van der Waals surface area contributed by atoms with Gasteiger partial charge < -0.3 is 47.9 Å². The molecule has 1 aliphatic carbocycles. The number of imidazole rings is 4. The molecular formula is C98H120Cl2FN17O5S. The van der Waals surface area contributed by atoms with E-state index in [1.54, 1.807) is 71.7 Å². The monoisotopic (exact) mass is 1740 g/mol. The maximum Gasteiger partial charge on any atom is 0.264 e. The zero-order valence-electron chi connectivity index (χ0n) is 73.6. The second-order valence-electron chi connectivity index (χ2n) is 31.8. The molecule has 0 radical (unpaired) electrons. The first-order chi connectivity index (χ1) is 60.3. The molecule has 0 unspecified atom stereocenters. The molecule has 9 aromatic heterocycles. The largest absolute Gasteiger partial charge is 0.492 e. The summed E-state index contributed by atoms with van der Waals surface area (Å²) in [5, 5.41) is 4.38. The van der Waals surface area contributed by atoms with Crippen LogP contribution in [-0.2, 0) is 58.9 Å². The molecule has 0 aliphatic heterocycles. The lowest BCUT2D eigenvalue weighted by Crippen LogP contribution is -2.33. The first-order valence-corrected chi connectivity index (χ1v) is 45.7. The number of hydrogen-bond acceptors (Lipinski definition) is 15. The van der Waals surface area contributed by atoms with Gasteiger partial charge in [0.15, 0.2) is 22.6 Å². The van der Waals surface area contributed by atoms with Crippen molar-refractivity contribution in [2.45, 2.75) is 218 Å². The van der Waals surface area contributed by atoms with Crippen molar-refractivity contribution in [1.82, 2.24) is 83.1 Å². The predicted molar refractivity (Wildman–Crippen MR) is 497 cm³/mol. The number of rotatable bonds is 38. The molecule has 1 aliphatic rings. The minimum absolute atomic E-state index is 0.00282. The minimum Gasteiger partial charge on any atom is -0.492 e. The standard InChI is InChI=1S/C32H45N5O2.C23H23FN4OS.C22H26Cl2N4O.C21H26N4O/c1-4-20-37-30(35-29-14-9-17-34-31(29)37)24-36(21-16-25(2)3)32(38)27-12-8-13-28(23-27)39-22-19-33-18-15-26-10-6-5-7-11-26;1-3-13-28-21(26-19-9-6-12-25-22(19)28)15-27(14-17-7-4-5-8-18(17)24)23(29)20-11-10-16(2)30-20;1-3-5-6-13-27(22(29)17-14-16(23)9-10-18(17)24)15-20-26-19-8-7-11-25-21(19)28(20)12-4-2;1-4-12-24(21(26)17-9-6-8-16(3)14-17)15-19-23-18-10-7-11-22-20(18)25(19)13-5-2/h8-10,12-14,17,23,25,33H,4-7,11,15-16,18-22,24H2,1-3H3;4-12H,3,13-15H2,1-2H3;7-11,14H,3-6,12-13,15H2,1-2H3;6-11,14H,4-5,12-13,15H2,1-3H3. The molecule has 0 spiro atoms. The van der Waals surface area contributed by atoms with E-state index >= 15 is 0 Å². The summed E-state index contributed by atoms with van der Waals surface area (Å²) in [6.07, 6.45) is 24.5. The molecule has 0 atom stereocenters. The van der Waals surface area contributed by atoms with Gasteiger partial charge in [-0.1, -0.05) is 145 Å². The highest BCUT2D eigenvalue weighted by Gasteiger charge is 2.28. The Bertz CT molecular complexity index is 5680. The fourth-order valence-electron chi connectivity index (χ4n) is 15.2. The van der Waals surface area contributed by atoms with Gasteiger partial charge in [0.25, 0.3) is 23.6 Å². The summed E-state index contributed by atoms with van der Waals surface area (Å²) in [6.45, 7) is 30.5. The molecule has 0 fully saturated rings. The van der Waals surface area contributed by atoms with Gasteiger partial charge >= 0.3 is 0 Å². The Morgan fingerprint density at radius 1 is 0.500 bits per heavy atom. The van der Waals surface area contributed by atoms with E-state index in [1.165, 1.54) is 43.1 Å². The summed E-state index contributed by atoms with van der Waals surface area (Å²) >= 11 is 13.9. The minimum atomic E-state index is -0.318. The number of unbranched alkanes of at least 4 members (excludes halogenated alkanes) is 2. The molecule has 26 heteroatoms. The zero-order chi connectivity index (χ0) is 87.9. The number of thiophene rings is 1. The Morgan fingerprint density at radius 3 is 1.50 bits per heavy atom. The lowest BCUT2D eigenvalue weighted by atomic mass is 9.97. The van der Waals surface area contributed by atoms with Crippen LogP contribution in [0, 0.1) is 25.6 Å². The van der Waals surface area contributed by atoms with Gasteiger partial charge in [-0.25, -0.2) is 44.3 Å². The predicted octanol–water partition coefficient (Wildman–Crippen LogP) is 21.8. The quantitative estimate of drug-likeness (QED) is 0.0281. The van der Waals surface area contributed by atoms with Crippen LogP contribution in [-0.4, -0.2) is 141 Å². The highest BCUT2D eigenvalue weighted by Crippen LogP contribution is 2.29. The van der Waals surface area contributed by atoms with Gasteiger partial charge in [-0.15, -0.1) is 11.3 Å². The van der Waals surface area contributed by atoms with Crippen LogP contribution in [0.15, 0.2) is 188 Å². The van der Waals surface area contributed by atoms with E-state index in [2.05, 4.69) is 105 Å². The Balaban J connectivity index is 0.000000163. The molecule has 0 bridgehead atoms. The van der Waals surface area contributed by atoms with E-state index in [0.29, 0.717) is 83.4 Å². The van der Waals surface area contributed by atoms with E-state index in [-0.39, 0.29) is 42.5 Å². The summed E-state index contributed by atoms with van der Waals surface area (Å²) in [6, 6.07) is 46.0. The van der Waals surface area contributed by atoms with Crippen molar-refractivity contribution >= 4 is 103 Å². The molecule has 1 N–H and O–H groups in total. The third-order valence-electron chi connectivity index (χ3n) is 21.4. The number of benzene rings is 4. The molecule has 0 saturated heterocycles. The topological polar surface area (TPSA) is 225 Å². The van der Waals surface area contributed by atoms with Crippen LogP contribution in [0.3, 0.4) is 0 Å². The molecule has 22 nitrogen and oxygen atoms in total. The van der Waals surface area contributed by atoms with Crippen molar-refractivity contribution in [3.05, 3.63) is 265 Å². The number of halogens is 3. The van der Waals surface area contributed by atoms with E-state index in [0.717, 1.165) is 193 Å². The van der Waals surface area contributed by atoms with Gasteiger partial charge in [0.1, 0.15) is 63.5 Å². The number of aryl methyl sites for hydroxylation is 6. The van der Waals surface area contributed by atoms with Crippen LogP contribution >= 0.6 is 34.5 Å². The summed E-state index contributed by atoms with van der Waals surface area (Å²) < 4.78 is 28.8. The van der Waals surface area contributed by atoms with Crippen LogP contribution in [0.4, 0.5) is 4.39 Å². The van der Waals surface area contributed by atoms with E-state index in [1.807, 2.05) is 138 Å². The summed E-state index contributed by atoms with van der Waals surface area (Å²) in [4.78, 5) is 99.6. The van der Waals surface area contributed by atoms with Crippen molar-refractivity contribution in [3.8, 4) is 5.75 Å². The lowest BCUT2D eigenvalue weighted by Gasteiger charge is -2.24. The molecule has 13 aromatic rings. The van der Waals surface area contributed by atoms with Crippen LogP contribution in [0.1, 0.15) is 225 Å². The van der Waals surface area contributed by atoms with Crippen LogP contribution < -0.4 is 10.1 Å². The number of carbonyl (C=O) groups is 4. The third-order valence-corrected chi connectivity index (χ3v) is 23.0. The van der Waals surface area contributed by atoms with Gasteiger partial charge in [0.2, 0.25) is 0 Å². The SMILES string of the molecule is CCCCCN(Cc1nc2cccnc2n1CCC)C(=O)c1cc(Cl)ccc1Cl.CCCN(Cc1nc2cccnc2n1CCC)C(=O)c1cccc(C)c1.CCCn1c(CN(CCC(C)C)C(=O)c2cccc(OCCNCCC3=CCCCC3)c2)nc2cccnc21.CCCn1c(CN(Cc2ccccc2F)C(=O)c2ccc(C)s2)nc2cccnc21. The average molecular weight is 1740 g/mol. The molecule has 124 heavy (non-hydrogen) atoms. The number of allylic oxidation sites excluding steroid dienone is 1. The number of amides is 4. The number of ether oxygens (including phenoxy) is 1. The molecule has 4 aromatic carbocycles. The smallest absolute Gasteiger partial charge is 0.264 e. The van der Waals surface area contributed by atoms with Crippen molar-refractivity contribution in [3.63, 3.8) is 0 Å². The molecule has 0 saturated carbocycles. The van der Waals surface area contributed by atoms with Crippen LogP contribution in [0.5, 0.6) is 5.75 Å². The maximum absolute atomic E-state index is 14.4. The first kappa shape index (κ1) is 93.6. The average Bonchev–Trinajstić information content (AvgIpc) is 1.65. The third kappa shape index (κ3) is 25.8. The molecule has 654 valence electrons. The highest BCUT2D eigenvalue weighted by molar-refractivity contribution is 7.13. The van der Waals surface area contributed by atoms with Crippen molar-refractivity contribution in [2.24, 2.45) is 5.92 Å². The highest BCUT2D eigenvalue weighted by atomic mass is 35.5. The number of hydrogen-bond donors (Lipinski definition) is 1. The molecule has 14 rings (SSSR count). The Morgan fingerprint density at radius 2 is 1.02 bits per heavy atom. The summed E-state index contributed by atoms with van der Waals surface area (Å²) in [7, 11) is 0. The molecule has 9 heterocycles. The second-order valence-corrected chi connectivity index (χ2v) is 33.9. The van der Waals surface area contributed by atoms with E-state index < -0.39 is 0 Å². The summed E-state index contributed by atoms with van der Waals surface area (Å²) in [5.74, 6) is 4.07. The van der Waals surface area contributed by atoms with Gasteiger partial charge in [0.05, 0.1) is 41.6 Å². The Hall–Kier alpha value is -11.1. The van der Waals surface area contributed by atoms with Crippen molar-refractivity contribution in [2.75, 3.05) is 39.3 Å². The summed E-state index contributed by atoms with van der Waals surface area (Å²) in [5.41, 5.74) is 11.8. The van der Waals surface area contributed by atoms with Crippen molar-refractivity contribution < 1.29 is 28.3 Å². The molecule has 4 amide bonds. The zero-order valence-corrected chi connectivity index (χ0v) is 76.0. The van der Waals surface area contributed by atoms with Crippen molar-refractivity contribution in [1.29, 1.82) is 0 Å². The van der Waals surface area contributed by atoms with Crippen LogP contribution in [0.25, 0.3) is 44.7 Å². The van der Waals surface area contributed by atoms with Gasteiger partial charge in [-0.2, -0.15) is 0 Å². The van der Waals surface area contributed by atoms with Crippen LogP contribution in [0.2, 0.25) is 10.0 Å². The number of nitrogens with one attached hydrogen (secondary N) is 1. The second kappa shape index (κ2) is 47.7. The maximum atomic E-state index is 14.4. The number of carbonyl (C=O) groups excluding carboxylic acids is 4. The molecular weight excluding hydrogens is 1620 g/mol. The van der Waals surface area contributed by atoms with E-state index in [9.17, 15) is 23.6 Å². The lowest BCUT2D eigenvalue weighted by molar-refractivity contribution is 0.0720. The van der Waals surface area contributed by atoms with Gasteiger partial charge in [0, 0.05) is 110 Å². The Kier molecular flexibility index (Phi) is 36.0. The Labute approximate surface area is 743 Å². The number of pyridine rings is 4.